The van der Waals surface area contributed by atoms with Crippen LogP contribution in [-0.2, 0) is 9.84 Å². The van der Waals surface area contributed by atoms with E-state index in [4.69, 9.17) is 4.42 Å². The zero-order chi connectivity index (χ0) is 16.6. The van der Waals surface area contributed by atoms with Gasteiger partial charge in [-0.2, -0.15) is 0 Å². The zero-order valence-electron chi connectivity index (χ0n) is 12.5. The number of rotatable bonds is 3. The molecule has 1 aromatic carbocycles. The smallest absolute Gasteiger partial charge is 0.289 e. The molecule has 0 saturated carbocycles. The summed E-state index contributed by atoms with van der Waals surface area (Å²) in [6.07, 6.45) is 1.63. The maximum absolute atomic E-state index is 12.9. The molecule has 0 spiro atoms. The highest BCUT2D eigenvalue weighted by Crippen LogP contribution is 2.25. The summed E-state index contributed by atoms with van der Waals surface area (Å²) in [5, 5.41) is -0.516. The predicted octanol–water partition coefficient (Wildman–Crippen LogP) is 2.34. The maximum atomic E-state index is 12.9. The van der Waals surface area contributed by atoms with Crippen molar-refractivity contribution in [2.45, 2.75) is 11.7 Å². The van der Waals surface area contributed by atoms with Crippen molar-refractivity contribution in [3.8, 4) is 11.3 Å². The van der Waals surface area contributed by atoms with E-state index < -0.39 is 15.1 Å². The molecule has 0 aliphatic carbocycles. The van der Waals surface area contributed by atoms with Gasteiger partial charge in [0.2, 0.25) is 0 Å². The molecule has 7 heteroatoms. The Bertz CT molecular complexity index is 826. The number of halogens is 1. The standard InChI is InChI=1S/C16H16FNO4S/c1-23(20,21)13-8-9-18(10-13)16(19)15-7-6-14(22-15)11-2-4-12(17)5-3-11/h2-7,13H,8-10H2,1H3. The van der Waals surface area contributed by atoms with Gasteiger partial charge in [0.25, 0.3) is 5.91 Å². The normalized spacial score (nSPS) is 18.3. The molecule has 1 atom stereocenters. The summed E-state index contributed by atoms with van der Waals surface area (Å²) in [7, 11) is -3.15. The first-order chi connectivity index (χ1) is 10.8. The average molecular weight is 337 g/mol. The summed E-state index contributed by atoms with van der Waals surface area (Å²) in [6.45, 7) is 0.577. The monoisotopic (exact) mass is 337 g/mol. The van der Waals surface area contributed by atoms with Gasteiger partial charge in [-0.05, 0) is 42.8 Å². The molecule has 23 heavy (non-hydrogen) atoms. The number of furan rings is 1. The van der Waals surface area contributed by atoms with Crippen LogP contribution in [0.25, 0.3) is 11.3 Å². The van der Waals surface area contributed by atoms with Crippen LogP contribution in [0.5, 0.6) is 0 Å². The summed E-state index contributed by atoms with van der Waals surface area (Å²) in [4.78, 5) is 13.9. The summed E-state index contributed by atoms with van der Waals surface area (Å²) >= 11 is 0. The lowest BCUT2D eigenvalue weighted by Crippen LogP contribution is -2.31. The SMILES string of the molecule is CS(=O)(=O)C1CCN(C(=O)c2ccc(-c3ccc(F)cc3)o2)C1. The molecule has 0 bridgehead atoms. The molecule has 1 aliphatic rings. The van der Waals surface area contributed by atoms with Crippen LogP contribution in [-0.4, -0.2) is 43.8 Å². The second-order valence-electron chi connectivity index (χ2n) is 5.66. The fourth-order valence-electron chi connectivity index (χ4n) is 2.64. The highest BCUT2D eigenvalue weighted by molar-refractivity contribution is 7.91. The van der Waals surface area contributed by atoms with Gasteiger partial charge in [-0.3, -0.25) is 4.79 Å². The van der Waals surface area contributed by atoms with Gasteiger partial charge >= 0.3 is 0 Å². The van der Waals surface area contributed by atoms with Crippen molar-refractivity contribution in [1.29, 1.82) is 0 Å². The Kier molecular flexibility index (Phi) is 3.97. The average Bonchev–Trinajstić information content (AvgIpc) is 3.16. The molecule has 5 nitrogen and oxygen atoms in total. The number of sulfone groups is 1. The number of hydrogen-bond acceptors (Lipinski definition) is 4. The largest absolute Gasteiger partial charge is 0.451 e. The van der Waals surface area contributed by atoms with E-state index in [9.17, 15) is 17.6 Å². The summed E-state index contributed by atoms with van der Waals surface area (Å²) in [5.41, 5.74) is 0.667. The third kappa shape index (κ3) is 3.29. The fourth-order valence-corrected chi connectivity index (χ4v) is 3.62. The number of carbonyl (C=O) groups excluding carboxylic acids is 1. The van der Waals surface area contributed by atoms with Gasteiger partial charge in [-0.1, -0.05) is 0 Å². The molecule has 2 aromatic rings. The van der Waals surface area contributed by atoms with Crippen LogP contribution in [0, 0.1) is 5.82 Å². The van der Waals surface area contributed by atoms with E-state index in [1.807, 2.05) is 0 Å². The highest BCUT2D eigenvalue weighted by Gasteiger charge is 2.33. The van der Waals surface area contributed by atoms with E-state index in [1.54, 1.807) is 24.3 Å². The number of nitrogens with zero attached hydrogens (tertiary/aromatic N) is 1. The van der Waals surface area contributed by atoms with Crippen LogP contribution >= 0.6 is 0 Å². The van der Waals surface area contributed by atoms with E-state index in [1.165, 1.54) is 23.3 Å². The molecule has 2 heterocycles. The van der Waals surface area contributed by atoms with Gasteiger partial charge in [0.15, 0.2) is 15.6 Å². The van der Waals surface area contributed by atoms with Crippen LogP contribution in [0.15, 0.2) is 40.8 Å². The van der Waals surface area contributed by atoms with E-state index in [0.29, 0.717) is 24.3 Å². The molecule has 1 fully saturated rings. The van der Waals surface area contributed by atoms with Gasteiger partial charge in [-0.25, -0.2) is 12.8 Å². The quantitative estimate of drug-likeness (QED) is 0.862. The van der Waals surface area contributed by atoms with Crippen molar-refractivity contribution >= 4 is 15.7 Å². The minimum atomic E-state index is -3.15. The molecular formula is C16H16FNO4S. The second kappa shape index (κ2) is 5.81. The number of carbonyl (C=O) groups is 1. The minimum Gasteiger partial charge on any atom is -0.451 e. The predicted molar refractivity (Wildman–Crippen MR) is 83.3 cm³/mol. The van der Waals surface area contributed by atoms with Gasteiger partial charge in [-0.15, -0.1) is 0 Å². The van der Waals surface area contributed by atoms with E-state index in [0.717, 1.165) is 0 Å². The van der Waals surface area contributed by atoms with Crippen molar-refractivity contribution in [2.24, 2.45) is 0 Å². The van der Waals surface area contributed by atoms with Crippen molar-refractivity contribution in [2.75, 3.05) is 19.3 Å². The van der Waals surface area contributed by atoms with Crippen molar-refractivity contribution in [3.63, 3.8) is 0 Å². The summed E-state index contributed by atoms with van der Waals surface area (Å²) in [6, 6.07) is 8.96. The highest BCUT2D eigenvalue weighted by atomic mass is 32.2. The lowest BCUT2D eigenvalue weighted by molar-refractivity contribution is 0.0762. The molecule has 1 aliphatic heterocycles. The van der Waals surface area contributed by atoms with Crippen LogP contribution in [0.4, 0.5) is 4.39 Å². The Balaban J connectivity index is 1.76. The molecule has 1 aromatic heterocycles. The van der Waals surface area contributed by atoms with Crippen molar-refractivity contribution < 1.29 is 22.0 Å². The number of benzene rings is 1. The lowest BCUT2D eigenvalue weighted by Gasteiger charge is -2.14. The van der Waals surface area contributed by atoms with Crippen LogP contribution in [0.2, 0.25) is 0 Å². The first-order valence-electron chi connectivity index (χ1n) is 7.18. The molecule has 1 saturated heterocycles. The van der Waals surface area contributed by atoms with E-state index in [-0.39, 0.29) is 24.0 Å². The topological polar surface area (TPSA) is 67.6 Å². The molecule has 1 amide bonds. The molecule has 1 unspecified atom stereocenters. The summed E-state index contributed by atoms with van der Waals surface area (Å²) < 4.78 is 41.6. The molecule has 122 valence electrons. The van der Waals surface area contributed by atoms with Gasteiger partial charge in [0.05, 0.1) is 5.25 Å². The second-order valence-corrected chi connectivity index (χ2v) is 7.99. The Morgan fingerprint density at radius 2 is 1.91 bits per heavy atom. The molecular weight excluding hydrogens is 321 g/mol. The van der Waals surface area contributed by atoms with Crippen LogP contribution < -0.4 is 0 Å². The lowest BCUT2D eigenvalue weighted by atomic mass is 10.2. The Morgan fingerprint density at radius 1 is 1.22 bits per heavy atom. The van der Waals surface area contributed by atoms with Gasteiger partial charge < -0.3 is 9.32 Å². The molecule has 0 radical (unpaired) electrons. The van der Waals surface area contributed by atoms with Gasteiger partial charge in [0, 0.05) is 24.9 Å². The number of likely N-dealkylation sites (tertiary alicyclic amines) is 1. The van der Waals surface area contributed by atoms with Crippen molar-refractivity contribution in [3.05, 3.63) is 48.0 Å². The Labute approximate surface area is 133 Å². The van der Waals surface area contributed by atoms with Crippen LogP contribution in [0.3, 0.4) is 0 Å². The minimum absolute atomic E-state index is 0.151. The fraction of sp³-hybridized carbons (Fsp3) is 0.312. The van der Waals surface area contributed by atoms with Crippen molar-refractivity contribution in [1.82, 2.24) is 4.90 Å². The first-order valence-corrected chi connectivity index (χ1v) is 9.14. The number of hydrogen-bond donors (Lipinski definition) is 0. The Morgan fingerprint density at radius 3 is 2.52 bits per heavy atom. The van der Waals surface area contributed by atoms with Gasteiger partial charge in [0.1, 0.15) is 11.6 Å². The first kappa shape index (κ1) is 15.7. The number of amides is 1. The third-order valence-corrected chi connectivity index (χ3v) is 5.58. The molecule has 0 N–H and O–H groups in total. The zero-order valence-corrected chi connectivity index (χ0v) is 13.3. The van der Waals surface area contributed by atoms with E-state index >= 15 is 0 Å². The van der Waals surface area contributed by atoms with E-state index in [2.05, 4.69) is 0 Å². The Hall–Kier alpha value is -2.15. The maximum Gasteiger partial charge on any atom is 0.289 e. The summed E-state index contributed by atoms with van der Waals surface area (Å²) in [5.74, 6) is -0.0595. The third-order valence-electron chi connectivity index (χ3n) is 3.98. The molecule has 3 rings (SSSR count). The van der Waals surface area contributed by atoms with Crippen LogP contribution in [0.1, 0.15) is 17.0 Å².